The topological polar surface area (TPSA) is 84.9 Å². The van der Waals surface area contributed by atoms with Crippen LogP contribution in [0.3, 0.4) is 0 Å². The van der Waals surface area contributed by atoms with Crippen LogP contribution in [0.15, 0.2) is 60.9 Å². The SMILES string of the molecule is Nc1nc(-c2ccccc2)c(-c2ccc3n[nH]c(Cl)c3c2)n2ccnc12. The summed E-state index contributed by atoms with van der Waals surface area (Å²) in [6.45, 7) is 0. The zero-order valence-corrected chi connectivity index (χ0v) is 14.3. The number of nitrogens with one attached hydrogen (secondary N) is 1. The zero-order valence-electron chi connectivity index (χ0n) is 13.5. The van der Waals surface area contributed by atoms with Gasteiger partial charge in [-0.25, -0.2) is 9.97 Å². The van der Waals surface area contributed by atoms with Crippen LogP contribution in [0.25, 0.3) is 39.1 Å². The van der Waals surface area contributed by atoms with E-state index in [-0.39, 0.29) is 0 Å². The fourth-order valence-electron chi connectivity index (χ4n) is 3.21. The first-order chi connectivity index (χ1) is 12.7. The Morgan fingerprint density at radius 1 is 1.04 bits per heavy atom. The Balaban J connectivity index is 1.89. The van der Waals surface area contributed by atoms with Crippen LogP contribution >= 0.6 is 11.6 Å². The number of aromatic nitrogens is 5. The summed E-state index contributed by atoms with van der Waals surface area (Å²) >= 11 is 6.24. The second-order valence-corrected chi connectivity index (χ2v) is 6.33. The lowest BCUT2D eigenvalue weighted by atomic mass is 10.0. The van der Waals surface area contributed by atoms with Gasteiger partial charge in [0, 0.05) is 28.9 Å². The maximum absolute atomic E-state index is 6.24. The van der Waals surface area contributed by atoms with Crippen molar-refractivity contribution in [3.63, 3.8) is 0 Å². The van der Waals surface area contributed by atoms with Crippen LogP contribution < -0.4 is 5.73 Å². The van der Waals surface area contributed by atoms with E-state index in [0.717, 1.165) is 33.4 Å². The standard InChI is InChI=1S/C19H13ClN6/c20-17-13-10-12(6-7-14(13)24-25-17)16-15(11-4-2-1-3-5-11)23-18(21)19-22-8-9-26(16)19/h1-10H,(H2,21,23)(H,24,25). The molecule has 7 heteroatoms. The van der Waals surface area contributed by atoms with Crippen LogP contribution in [0.2, 0.25) is 5.15 Å². The number of fused-ring (bicyclic) bond motifs is 2. The van der Waals surface area contributed by atoms with Gasteiger partial charge >= 0.3 is 0 Å². The Kier molecular flexibility index (Phi) is 3.20. The molecule has 0 spiro atoms. The van der Waals surface area contributed by atoms with E-state index in [1.165, 1.54) is 0 Å². The predicted molar refractivity (Wildman–Crippen MR) is 103 cm³/mol. The third-order valence-electron chi connectivity index (χ3n) is 4.40. The van der Waals surface area contributed by atoms with E-state index < -0.39 is 0 Å². The molecule has 5 aromatic rings. The van der Waals surface area contributed by atoms with E-state index in [4.69, 9.17) is 17.3 Å². The highest BCUT2D eigenvalue weighted by Crippen LogP contribution is 2.35. The molecule has 126 valence electrons. The highest BCUT2D eigenvalue weighted by molar-refractivity contribution is 6.34. The Morgan fingerprint density at radius 3 is 2.73 bits per heavy atom. The number of nitrogens with zero attached hydrogens (tertiary/aromatic N) is 4. The minimum atomic E-state index is 0.389. The highest BCUT2D eigenvalue weighted by Gasteiger charge is 2.17. The van der Waals surface area contributed by atoms with Gasteiger partial charge in [0.15, 0.2) is 11.5 Å². The molecule has 0 atom stereocenters. The summed E-state index contributed by atoms with van der Waals surface area (Å²) < 4.78 is 1.96. The monoisotopic (exact) mass is 360 g/mol. The third-order valence-corrected chi connectivity index (χ3v) is 4.68. The summed E-state index contributed by atoms with van der Waals surface area (Å²) in [4.78, 5) is 8.99. The molecule has 0 saturated heterocycles. The number of imidazole rings is 1. The minimum Gasteiger partial charge on any atom is -0.381 e. The molecule has 0 saturated carbocycles. The second-order valence-electron chi connectivity index (χ2n) is 5.95. The molecule has 26 heavy (non-hydrogen) atoms. The van der Waals surface area contributed by atoms with E-state index in [1.54, 1.807) is 6.20 Å². The zero-order chi connectivity index (χ0) is 17.7. The van der Waals surface area contributed by atoms with Crippen molar-refractivity contribution in [1.29, 1.82) is 0 Å². The van der Waals surface area contributed by atoms with Gasteiger partial charge in [0.05, 0.1) is 16.9 Å². The van der Waals surface area contributed by atoms with Gasteiger partial charge in [0.1, 0.15) is 5.15 Å². The molecule has 0 amide bonds. The number of hydrogen-bond donors (Lipinski definition) is 2. The van der Waals surface area contributed by atoms with Gasteiger partial charge in [-0.05, 0) is 12.1 Å². The van der Waals surface area contributed by atoms with Crippen molar-refractivity contribution in [3.8, 4) is 22.5 Å². The van der Waals surface area contributed by atoms with Gasteiger partial charge in [-0.2, -0.15) is 5.10 Å². The van der Waals surface area contributed by atoms with Crippen molar-refractivity contribution in [2.45, 2.75) is 0 Å². The average molecular weight is 361 g/mol. The van der Waals surface area contributed by atoms with Crippen molar-refractivity contribution >= 4 is 34.0 Å². The molecule has 0 fully saturated rings. The first-order valence-corrected chi connectivity index (χ1v) is 8.42. The molecule has 3 N–H and O–H groups in total. The number of rotatable bonds is 2. The maximum atomic E-state index is 6.24. The number of anilines is 1. The molecule has 0 aliphatic heterocycles. The maximum Gasteiger partial charge on any atom is 0.180 e. The van der Waals surface area contributed by atoms with E-state index >= 15 is 0 Å². The summed E-state index contributed by atoms with van der Waals surface area (Å²) in [6, 6.07) is 15.9. The smallest absolute Gasteiger partial charge is 0.180 e. The quantitative estimate of drug-likeness (QED) is 0.494. The van der Waals surface area contributed by atoms with Gasteiger partial charge < -0.3 is 5.73 Å². The summed E-state index contributed by atoms with van der Waals surface area (Å²) in [7, 11) is 0. The van der Waals surface area contributed by atoms with E-state index in [1.807, 2.05) is 59.1 Å². The van der Waals surface area contributed by atoms with Gasteiger partial charge in [0.25, 0.3) is 0 Å². The first-order valence-electron chi connectivity index (χ1n) is 8.04. The lowest BCUT2D eigenvalue weighted by molar-refractivity contribution is 1.12. The molecule has 0 bridgehead atoms. The first kappa shape index (κ1) is 14.9. The molecule has 0 radical (unpaired) electrons. The average Bonchev–Trinajstić information content (AvgIpc) is 3.30. The van der Waals surface area contributed by atoms with Gasteiger partial charge in [-0.1, -0.05) is 48.0 Å². The number of nitrogens with two attached hydrogens (primary N) is 1. The van der Waals surface area contributed by atoms with E-state index in [9.17, 15) is 0 Å². The van der Waals surface area contributed by atoms with Gasteiger partial charge in [-0.3, -0.25) is 9.50 Å². The Labute approximate surface area is 153 Å². The predicted octanol–water partition coefficient (Wildman–Crippen LogP) is 4.18. The van der Waals surface area contributed by atoms with Crippen molar-refractivity contribution in [1.82, 2.24) is 24.6 Å². The summed E-state index contributed by atoms with van der Waals surface area (Å²) in [5.41, 5.74) is 11.2. The number of hydrogen-bond acceptors (Lipinski definition) is 4. The van der Waals surface area contributed by atoms with E-state index in [2.05, 4.69) is 20.2 Å². The molecular formula is C19H13ClN6. The van der Waals surface area contributed by atoms with Crippen LogP contribution in [0.4, 0.5) is 5.82 Å². The van der Waals surface area contributed by atoms with Crippen LogP contribution in [0, 0.1) is 0 Å². The van der Waals surface area contributed by atoms with Crippen molar-refractivity contribution in [2.75, 3.05) is 5.73 Å². The van der Waals surface area contributed by atoms with Crippen LogP contribution in [-0.4, -0.2) is 24.6 Å². The Bertz CT molecular complexity index is 1260. The molecule has 2 aromatic carbocycles. The molecule has 3 heterocycles. The second kappa shape index (κ2) is 5.57. The van der Waals surface area contributed by atoms with Crippen molar-refractivity contribution < 1.29 is 0 Å². The molecule has 0 aliphatic carbocycles. The third kappa shape index (κ3) is 2.16. The Morgan fingerprint density at radius 2 is 1.88 bits per heavy atom. The van der Waals surface area contributed by atoms with Crippen LogP contribution in [0.1, 0.15) is 0 Å². The molecule has 5 rings (SSSR count). The van der Waals surface area contributed by atoms with E-state index in [0.29, 0.717) is 16.6 Å². The molecule has 6 nitrogen and oxygen atoms in total. The minimum absolute atomic E-state index is 0.389. The number of halogens is 1. The lowest BCUT2D eigenvalue weighted by Gasteiger charge is -2.13. The fourth-order valence-corrected chi connectivity index (χ4v) is 3.40. The van der Waals surface area contributed by atoms with Crippen LogP contribution in [0.5, 0.6) is 0 Å². The summed E-state index contributed by atoms with van der Waals surface area (Å²) in [5, 5.41) is 8.35. The number of nitrogen functional groups attached to an aromatic ring is 1. The number of benzene rings is 2. The fraction of sp³-hybridized carbons (Fsp3) is 0. The number of aromatic amines is 1. The van der Waals surface area contributed by atoms with Gasteiger partial charge in [0.2, 0.25) is 0 Å². The lowest BCUT2D eigenvalue weighted by Crippen LogP contribution is -2.03. The molecule has 0 aliphatic rings. The summed E-state index contributed by atoms with van der Waals surface area (Å²) in [6.07, 6.45) is 3.60. The highest BCUT2D eigenvalue weighted by atomic mass is 35.5. The Hall–Kier alpha value is -3.38. The normalized spacial score (nSPS) is 11.4. The summed E-state index contributed by atoms with van der Waals surface area (Å²) in [5.74, 6) is 0.389. The molecule has 3 aromatic heterocycles. The van der Waals surface area contributed by atoms with Crippen LogP contribution in [-0.2, 0) is 0 Å². The van der Waals surface area contributed by atoms with Crippen molar-refractivity contribution in [2.24, 2.45) is 0 Å². The van der Waals surface area contributed by atoms with Gasteiger partial charge in [-0.15, -0.1) is 0 Å². The molecule has 0 unspecified atom stereocenters. The van der Waals surface area contributed by atoms with Crippen molar-refractivity contribution in [3.05, 3.63) is 66.1 Å². The number of H-pyrrole nitrogens is 1. The molecular weight excluding hydrogens is 348 g/mol. The largest absolute Gasteiger partial charge is 0.381 e.